The molecule has 2 rings (SSSR count). The van der Waals surface area contributed by atoms with Crippen molar-refractivity contribution in [3.63, 3.8) is 0 Å². The van der Waals surface area contributed by atoms with Gasteiger partial charge in [-0.3, -0.25) is 0 Å². The van der Waals surface area contributed by atoms with Gasteiger partial charge in [0.25, 0.3) is 0 Å². The molecule has 0 saturated heterocycles. The fourth-order valence-electron chi connectivity index (χ4n) is 2.19. The number of thiophene rings is 1. The van der Waals surface area contributed by atoms with Gasteiger partial charge in [0, 0.05) is 17.3 Å². The highest BCUT2D eigenvalue weighted by atomic mass is 35.5. The first-order chi connectivity index (χ1) is 9.29. The topological polar surface area (TPSA) is 12.0 Å². The maximum Gasteiger partial charge on any atom is 0.0931 e. The lowest BCUT2D eigenvalue weighted by Crippen LogP contribution is -2.23. The van der Waals surface area contributed by atoms with Crippen molar-refractivity contribution < 1.29 is 0 Å². The molecule has 102 valence electrons. The van der Waals surface area contributed by atoms with Crippen LogP contribution in [0.3, 0.4) is 0 Å². The van der Waals surface area contributed by atoms with E-state index in [1.54, 1.807) is 11.3 Å². The molecule has 0 bridgehead atoms. The first kappa shape index (κ1) is 14.6. The van der Waals surface area contributed by atoms with Crippen molar-refractivity contribution >= 4 is 22.9 Å². The summed E-state index contributed by atoms with van der Waals surface area (Å²) >= 11 is 7.71. The number of halogens is 1. The molecule has 0 fully saturated rings. The van der Waals surface area contributed by atoms with E-state index in [2.05, 4.69) is 48.6 Å². The molecule has 1 atom stereocenters. The van der Waals surface area contributed by atoms with Gasteiger partial charge in [0.2, 0.25) is 0 Å². The molecule has 19 heavy (non-hydrogen) atoms. The Hall–Kier alpha value is -0.830. The third-order valence-corrected chi connectivity index (χ3v) is 4.42. The van der Waals surface area contributed by atoms with Gasteiger partial charge in [-0.1, -0.05) is 48.9 Å². The number of nitrogens with one attached hydrogen (secondary N) is 1. The van der Waals surface area contributed by atoms with E-state index in [1.165, 1.54) is 16.9 Å². The van der Waals surface area contributed by atoms with Crippen LogP contribution in [0, 0.1) is 0 Å². The Kier molecular flexibility index (Phi) is 5.90. The SMILES string of the molecule is CCCNCC(Cc1ccc(Cl)s1)c1ccccc1. The first-order valence-corrected chi connectivity index (χ1v) is 7.99. The van der Waals surface area contributed by atoms with Gasteiger partial charge in [0.15, 0.2) is 0 Å². The molecule has 1 nitrogen and oxygen atoms in total. The summed E-state index contributed by atoms with van der Waals surface area (Å²) in [4.78, 5) is 1.36. The van der Waals surface area contributed by atoms with E-state index in [0.717, 1.165) is 23.8 Å². The van der Waals surface area contributed by atoms with Crippen LogP contribution in [0.2, 0.25) is 4.34 Å². The van der Waals surface area contributed by atoms with Gasteiger partial charge in [-0.2, -0.15) is 0 Å². The third-order valence-electron chi connectivity index (χ3n) is 3.16. The lowest BCUT2D eigenvalue weighted by Gasteiger charge is -2.17. The monoisotopic (exact) mass is 293 g/mol. The molecule has 0 aliphatic carbocycles. The molecule has 1 aromatic carbocycles. The Morgan fingerprint density at radius 3 is 2.58 bits per heavy atom. The van der Waals surface area contributed by atoms with Crippen molar-refractivity contribution in [1.82, 2.24) is 5.32 Å². The molecule has 0 spiro atoms. The van der Waals surface area contributed by atoms with E-state index in [1.807, 2.05) is 6.07 Å². The molecule has 0 aliphatic heterocycles. The Balaban J connectivity index is 2.05. The average Bonchev–Trinajstić information content (AvgIpc) is 2.84. The van der Waals surface area contributed by atoms with Crippen LogP contribution in [0.1, 0.15) is 29.7 Å². The van der Waals surface area contributed by atoms with E-state index in [0.29, 0.717) is 5.92 Å². The number of hydrogen-bond acceptors (Lipinski definition) is 2. The quantitative estimate of drug-likeness (QED) is 0.728. The molecule has 0 amide bonds. The fraction of sp³-hybridized carbons (Fsp3) is 0.375. The average molecular weight is 294 g/mol. The van der Waals surface area contributed by atoms with Crippen molar-refractivity contribution in [3.8, 4) is 0 Å². The van der Waals surface area contributed by atoms with Crippen LogP contribution >= 0.6 is 22.9 Å². The highest BCUT2D eigenvalue weighted by molar-refractivity contribution is 7.16. The highest BCUT2D eigenvalue weighted by Crippen LogP contribution is 2.27. The van der Waals surface area contributed by atoms with Gasteiger partial charge in [-0.05, 0) is 37.1 Å². The van der Waals surface area contributed by atoms with E-state index in [4.69, 9.17) is 11.6 Å². The summed E-state index contributed by atoms with van der Waals surface area (Å²) in [5.74, 6) is 0.516. The number of hydrogen-bond donors (Lipinski definition) is 1. The van der Waals surface area contributed by atoms with Gasteiger partial charge >= 0.3 is 0 Å². The summed E-state index contributed by atoms with van der Waals surface area (Å²) in [5, 5.41) is 3.53. The van der Waals surface area contributed by atoms with Crippen LogP contribution in [-0.4, -0.2) is 13.1 Å². The zero-order valence-electron chi connectivity index (χ0n) is 11.2. The summed E-state index contributed by atoms with van der Waals surface area (Å²) in [7, 11) is 0. The van der Waals surface area contributed by atoms with Crippen molar-refractivity contribution in [2.45, 2.75) is 25.7 Å². The third kappa shape index (κ3) is 4.64. The van der Waals surface area contributed by atoms with Crippen LogP contribution < -0.4 is 5.32 Å². The molecule has 2 aromatic rings. The van der Waals surface area contributed by atoms with Crippen LogP contribution in [0.15, 0.2) is 42.5 Å². The second kappa shape index (κ2) is 7.68. The summed E-state index contributed by atoms with van der Waals surface area (Å²) in [6.07, 6.45) is 2.23. The zero-order chi connectivity index (χ0) is 13.5. The normalized spacial score (nSPS) is 12.5. The predicted octanol–water partition coefficient (Wildman–Crippen LogP) is 4.73. The van der Waals surface area contributed by atoms with Gasteiger partial charge in [-0.25, -0.2) is 0 Å². The molecule has 0 aliphatic rings. The lowest BCUT2D eigenvalue weighted by atomic mass is 9.95. The van der Waals surface area contributed by atoms with E-state index >= 15 is 0 Å². The van der Waals surface area contributed by atoms with Crippen molar-refractivity contribution in [2.75, 3.05) is 13.1 Å². The van der Waals surface area contributed by atoms with Crippen LogP contribution in [0.4, 0.5) is 0 Å². The van der Waals surface area contributed by atoms with E-state index in [-0.39, 0.29) is 0 Å². The molecule has 3 heteroatoms. The first-order valence-electron chi connectivity index (χ1n) is 6.79. The molecule has 1 unspecified atom stereocenters. The summed E-state index contributed by atoms with van der Waals surface area (Å²) in [6.45, 7) is 4.30. The smallest absolute Gasteiger partial charge is 0.0931 e. The molecular formula is C16H20ClNS. The second-order valence-electron chi connectivity index (χ2n) is 4.72. The Morgan fingerprint density at radius 1 is 1.16 bits per heavy atom. The fourth-order valence-corrected chi connectivity index (χ4v) is 3.36. The van der Waals surface area contributed by atoms with Crippen LogP contribution in [0.25, 0.3) is 0 Å². The lowest BCUT2D eigenvalue weighted by molar-refractivity contribution is 0.579. The molecule has 0 saturated carbocycles. The maximum atomic E-state index is 6.02. The van der Waals surface area contributed by atoms with Gasteiger partial charge in [0.05, 0.1) is 4.34 Å². The summed E-state index contributed by atoms with van der Waals surface area (Å²) < 4.78 is 0.878. The van der Waals surface area contributed by atoms with Gasteiger partial charge < -0.3 is 5.32 Å². The second-order valence-corrected chi connectivity index (χ2v) is 6.52. The highest BCUT2D eigenvalue weighted by Gasteiger charge is 2.13. The number of rotatable bonds is 7. The zero-order valence-corrected chi connectivity index (χ0v) is 12.8. The minimum Gasteiger partial charge on any atom is -0.316 e. The molecule has 1 N–H and O–H groups in total. The predicted molar refractivity (Wildman–Crippen MR) is 85.4 cm³/mol. The molecule has 1 heterocycles. The largest absolute Gasteiger partial charge is 0.316 e. The minimum absolute atomic E-state index is 0.516. The van der Waals surface area contributed by atoms with Crippen molar-refractivity contribution in [2.24, 2.45) is 0 Å². The van der Waals surface area contributed by atoms with E-state index < -0.39 is 0 Å². The molecule has 0 radical (unpaired) electrons. The molecular weight excluding hydrogens is 274 g/mol. The standard InChI is InChI=1S/C16H20ClNS/c1-2-10-18-12-14(13-6-4-3-5-7-13)11-15-8-9-16(17)19-15/h3-9,14,18H,2,10-12H2,1H3. The summed E-state index contributed by atoms with van der Waals surface area (Å²) in [5.41, 5.74) is 1.40. The van der Waals surface area contributed by atoms with Crippen LogP contribution in [0.5, 0.6) is 0 Å². The summed E-state index contributed by atoms with van der Waals surface area (Å²) in [6, 6.07) is 14.9. The number of benzene rings is 1. The van der Waals surface area contributed by atoms with Crippen LogP contribution in [-0.2, 0) is 6.42 Å². The minimum atomic E-state index is 0.516. The Morgan fingerprint density at radius 2 is 1.95 bits per heavy atom. The maximum absolute atomic E-state index is 6.02. The Labute approximate surface area is 124 Å². The molecule has 1 aromatic heterocycles. The van der Waals surface area contributed by atoms with Gasteiger partial charge in [-0.15, -0.1) is 11.3 Å². The van der Waals surface area contributed by atoms with Crippen molar-refractivity contribution in [3.05, 3.63) is 57.2 Å². The Bertz CT molecular complexity index is 481. The van der Waals surface area contributed by atoms with E-state index in [9.17, 15) is 0 Å². The van der Waals surface area contributed by atoms with Crippen molar-refractivity contribution in [1.29, 1.82) is 0 Å². The van der Waals surface area contributed by atoms with Gasteiger partial charge in [0.1, 0.15) is 0 Å².